The fourth-order valence-corrected chi connectivity index (χ4v) is 6.05. The van der Waals surface area contributed by atoms with Gasteiger partial charge in [0, 0.05) is 32.1 Å². The lowest BCUT2D eigenvalue weighted by molar-refractivity contribution is -0.139. The zero-order valence-corrected chi connectivity index (χ0v) is 18.2. The van der Waals surface area contributed by atoms with Gasteiger partial charge in [0.25, 0.3) is 0 Å². The SMILES string of the molecule is O=C(CSc1nc2ccccc2s1)N1CCN(C(=O)[C@@H]2C[C@H]2c2ccccc2)CC1. The van der Waals surface area contributed by atoms with Crippen molar-refractivity contribution in [2.24, 2.45) is 5.92 Å². The summed E-state index contributed by atoms with van der Waals surface area (Å²) in [5, 5.41) is 0. The van der Waals surface area contributed by atoms with Crippen molar-refractivity contribution in [3.8, 4) is 0 Å². The molecule has 1 saturated heterocycles. The summed E-state index contributed by atoms with van der Waals surface area (Å²) in [7, 11) is 0. The maximum absolute atomic E-state index is 12.8. The predicted octanol–water partition coefficient (Wildman–Crippen LogP) is 3.86. The molecule has 0 bridgehead atoms. The van der Waals surface area contributed by atoms with Crippen LogP contribution in [0.4, 0.5) is 0 Å². The highest BCUT2D eigenvalue weighted by Crippen LogP contribution is 2.48. The molecular weight excluding hydrogens is 414 g/mol. The summed E-state index contributed by atoms with van der Waals surface area (Å²) in [5.74, 6) is 1.25. The number of rotatable bonds is 5. The van der Waals surface area contributed by atoms with Crippen LogP contribution in [0.15, 0.2) is 58.9 Å². The minimum atomic E-state index is 0.115. The summed E-state index contributed by atoms with van der Waals surface area (Å²) < 4.78 is 2.08. The Morgan fingerprint density at radius 1 is 0.967 bits per heavy atom. The van der Waals surface area contributed by atoms with Crippen LogP contribution in [0.2, 0.25) is 0 Å². The van der Waals surface area contributed by atoms with Gasteiger partial charge in [-0.25, -0.2) is 4.98 Å². The summed E-state index contributed by atoms with van der Waals surface area (Å²) in [5.41, 5.74) is 2.25. The first-order valence-corrected chi connectivity index (χ1v) is 12.1. The minimum Gasteiger partial charge on any atom is -0.339 e. The first-order chi connectivity index (χ1) is 14.7. The summed E-state index contributed by atoms with van der Waals surface area (Å²) in [6.07, 6.45) is 0.945. The zero-order chi connectivity index (χ0) is 20.5. The fraction of sp³-hybridized carbons (Fsp3) is 0.348. The Kier molecular flexibility index (Phi) is 5.48. The normalized spacial score (nSPS) is 21.1. The van der Waals surface area contributed by atoms with Crippen molar-refractivity contribution >= 4 is 45.1 Å². The molecule has 2 atom stereocenters. The smallest absolute Gasteiger partial charge is 0.233 e. The summed E-state index contributed by atoms with van der Waals surface area (Å²) in [6, 6.07) is 18.3. The second kappa shape index (κ2) is 8.40. The van der Waals surface area contributed by atoms with Crippen LogP contribution >= 0.6 is 23.1 Å². The number of benzene rings is 2. The van der Waals surface area contributed by atoms with Crippen molar-refractivity contribution in [1.29, 1.82) is 0 Å². The Labute approximate surface area is 184 Å². The van der Waals surface area contributed by atoms with Crippen LogP contribution < -0.4 is 0 Å². The topological polar surface area (TPSA) is 53.5 Å². The van der Waals surface area contributed by atoms with E-state index in [4.69, 9.17) is 0 Å². The first-order valence-electron chi connectivity index (χ1n) is 10.3. The van der Waals surface area contributed by atoms with E-state index in [1.165, 1.54) is 17.3 Å². The molecule has 2 aromatic carbocycles. The molecule has 2 amide bonds. The highest BCUT2D eigenvalue weighted by Gasteiger charge is 2.46. The van der Waals surface area contributed by atoms with Gasteiger partial charge in [0.05, 0.1) is 16.0 Å². The lowest BCUT2D eigenvalue weighted by atomic mass is 10.1. The molecule has 30 heavy (non-hydrogen) atoms. The van der Waals surface area contributed by atoms with Gasteiger partial charge in [-0.05, 0) is 30.0 Å². The first kappa shape index (κ1) is 19.6. The molecule has 1 aliphatic heterocycles. The monoisotopic (exact) mass is 437 g/mol. The van der Waals surface area contributed by atoms with Crippen LogP contribution in [0.5, 0.6) is 0 Å². The summed E-state index contributed by atoms with van der Waals surface area (Å²) >= 11 is 3.13. The van der Waals surface area contributed by atoms with Crippen molar-refractivity contribution in [3.05, 3.63) is 60.2 Å². The van der Waals surface area contributed by atoms with Crippen LogP contribution in [0, 0.1) is 5.92 Å². The average molecular weight is 438 g/mol. The molecule has 0 spiro atoms. The van der Waals surface area contributed by atoms with E-state index < -0.39 is 0 Å². The van der Waals surface area contributed by atoms with E-state index in [-0.39, 0.29) is 17.7 Å². The van der Waals surface area contributed by atoms with Crippen molar-refractivity contribution in [3.63, 3.8) is 0 Å². The molecule has 5 nitrogen and oxygen atoms in total. The maximum Gasteiger partial charge on any atom is 0.233 e. The second-order valence-electron chi connectivity index (χ2n) is 7.80. The van der Waals surface area contributed by atoms with E-state index in [2.05, 4.69) is 23.2 Å². The van der Waals surface area contributed by atoms with Gasteiger partial charge >= 0.3 is 0 Å². The van der Waals surface area contributed by atoms with Crippen molar-refractivity contribution in [2.75, 3.05) is 31.9 Å². The fourth-order valence-electron chi connectivity index (χ4n) is 4.07. The molecule has 0 radical (unpaired) electrons. The molecule has 7 heteroatoms. The maximum atomic E-state index is 12.8. The number of amides is 2. The van der Waals surface area contributed by atoms with E-state index in [1.807, 2.05) is 46.2 Å². The predicted molar refractivity (Wildman–Crippen MR) is 121 cm³/mol. The number of para-hydroxylation sites is 1. The summed E-state index contributed by atoms with van der Waals surface area (Å²) in [4.78, 5) is 33.9. The third-order valence-electron chi connectivity index (χ3n) is 5.87. The number of carbonyl (C=O) groups is 2. The van der Waals surface area contributed by atoms with E-state index in [9.17, 15) is 9.59 Å². The quantitative estimate of drug-likeness (QED) is 0.569. The standard InChI is InChI=1S/C23H23N3O2S2/c27-21(15-29-23-24-19-8-4-5-9-20(19)30-23)25-10-12-26(13-11-25)22(28)18-14-17(18)16-6-2-1-3-7-16/h1-9,17-18H,10-15H2/t17-,18+/m0/s1. The Morgan fingerprint density at radius 3 is 2.43 bits per heavy atom. The van der Waals surface area contributed by atoms with Gasteiger partial charge in [0.1, 0.15) is 0 Å². The molecule has 5 rings (SSSR count). The van der Waals surface area contributed by atoms with Gasteiger partial charge in [0.2, 0.25) is 11.8 Å². The number of hydrogen-bond donors (Lipinski definition) is 0. The highest BCUT2D eigenvalue weighted by molar-refractivity contribution is 8.01. The van der Waals surface area contributed by atoms with E-state index in [0.29, 0.717) is 37.8 Å². The molecule has 2 aliphatic rings. The van der Waals surface area contributed by atoms with Gasteiger partial charge in [-0.1, -0.05) is 54.2 Å². The van der Waals surface area contributed by atoms with Gasteiger partial charge in [-0.3, -0.25) is 9.59 Å². The largest absolute Gasteiger partial charge is 0.339 e. The number of carbonyl (C=O) groups excluding carboxylic acids is 2. The van der Waals surface area contributed by atoms with E-state index in [0.717, 1.165) is 21.0 Å². The lowest BCUT2D eigenvalue weighted by Crippen LogP contribution is -2.51. The third kappa shape index (κ3) is 4.09. The molecule has 2 fully saturated rings. The third-order valence-corrected chi connectivity index (χ3v) is 8.04. The van der Waals surface area contributed by atoms with Crippen molar-refractivity contribution in [2.45, 2.75) is 16.7 Å². The molecule has 0 unspecified atom stereocenters. The van der Waals surface area contributed by atoms with E-state index in [1.54, 1.807) is 11.3 Å². The Hall–Kier alpha value is -2.38. The molecule has 154 valence electrons. The summed E-state index contributed by atoms with van der Waals surface area (Å²) in [6.45, 7) is 2.50. The number of hydrogen-bond acceptors (Lipinski definition) is 5. The number of aromatic nitrogens is 1. The molecule has 3 aromatic rings. The van der Waals surface area contributed by atoms with Crippen LogP contribution in [-0.2, 0) is 9.59 Å². The van der Waals surface area contributed by atoms with E-state index >= 15 is 0 Å². The van der Waals surface area contributed by atoms with Crippen molar-refractivity contribution < 1.29 is 9.59 Å². The zero-order valence-electron chi connectivity index (χ0n) is 16.6. The van der Waals surface area contributed by atoms with Crippen molar-refractivity contribution in [1.82, 2.24) is 14.8 Å². The number of nitrogens with zero attached hydrogens (tertiary/aromatic N) is 3. The van der Waals surface area contributed by atoms with Crippen LogP contribution in [-0.4, -0.2) is 58.5 Å². The number of fused-ring (bicyclic) bond motifs is 1. The lowest BCUT2D eigenvalue weighted by Gasteiger charge is -2.35. The van der Waals surface area contributed by atoms with Crippen LogP contribution in [0.1, 0.15) is 17.9 Å². The van der Waals surface area contributed by atoms with Gasteiger partial charge < -0.3 is 9.80 Å². The number of thioether (sulfide) groups is 1. The highest BCUT2D eigenvalue weighted by atomic mass is 32.2. The Morgan fingerprint density at radius 2 is 1.67 bits per heavy atom. The van der Waals surface area contributed by atoms with Gasteiger partial charge in [0.15, 0.2) is 4.34 Å². The molecule has 0 N–H and O–H groups in total. The number of piperazine rings is 1. The Balaban J connectivity index is 1.10. The van der Waals surface area contributed by atoms with Gasteiger partial charge in [-0.2, -0.15) is 0 Å². The average Bonchev–Trinajstić information content (AvgIpc) is 3.49. The minimum absolute atomic E-state index is 0.115. The molecular formula is C23H23N3O2S2. The molecule has 1 saturated carbocycles. The molecule has 2 heterocycles. The van der Waals surface area contributed by atoms with Crippen LogP contribution in [0.25, 0.3) is 10.2 Å². The van der Waals surface area contributed by atoms with Crippen LogP contribution in [0.3, 0.4) is 0 Å². The van der Waals surface area contributed by atoms with Gasteiger partial charge in [-0.15, -0.1) is 11.3 Å². The second-order valence-corrected chi connectivity index (χ2v) is 10.1. The Bertz CT molecular complexity index is 1030. The molecule has 1 aliphatic carbocycles. The number of thiazole rings is 1. The molecule has 1 aromatic heterocycles.